The van der Waals surface area contributed by atoms with Crippen molar-refractivity contribution in [3.05, 3.63) is 48.0 Å². The summed E-state index contributed by atoms with van der Waals surface area (Å²) in [5.41, 5.74) is 1.27. The summed E-state index contributed by atoms with van der Waals surface area (Å²) in [7, 11) is 0. The summed E-state index contributed by atoms with van der Waals surface area (Å²) in [4.78, 5) is 0. The van der Waals surface area contributed by atoms with Crippen molar-refractivity contribution in [3.63, 3.8) is 0 Å². The molecule has 1 N–H and O–H groups in total. The lowest BCUT2D eigenvalue weighted by Gasteiger charge is -2.33. The summed E-state index contributed by atoms with van der Waals surface area (Å²) >= 11 is 3.99. The lowest BCUT2D eigenvalue weighted by Crippen LogP contribution is -2.37. The Balaban J connectivity index is 1.81. The van der Waals surface area contributed by atoms with Crippen molar-refractivity contribution in [2.24, 2.45) is 0 Å². The molecular formula is C18H22OS2. The van der Waals surface area contributed by atoms with Crippen LogP contribution in [0, 0.1) is 0 Å². The number of thioether (sulfide) groups is 2. The molecule has 21 heavy (non-hydrogen) atoms. The molecule has 1 aliphatic heterocycles. The van der Waals surface area contributed by atoms with Crippen molar-refractivity contribution in [3.8, 4) is 0 Å². The summed E-state index contributed by atoms with van der Waals surface area (Å²) in [5.74, 6) is 2.39. The quantitative estimate of drug-likeness (QED) is 0.904. The predicted molar refractivity (Wildman–Crippen MR) is 96.4 cm³/mol. The molecule has 1 heterocycles. The molecule has 3 rings (SSSR count). The molecular weight excluding hydrogens is 296 g/mol. The molecule has 2 aromatic carbocycles. The van der Waals surface area contributed by atoms with E-state index in [9.17, 15) is 5.11 Å². The maximum Gasteiger partial charge on any atom is 0.0710 e. The van der Waals surface area contributed by atoms with Crippen LogP contribution >= 0.6 is 23.5 Å². The molecule has 1 fully saturated rings. The average Bonchev–Trinajstić information content (AvgIpc) is 2.55. The second-order valence-corrected chi connectivity index (χ2v) is 8.20. The standard InChI is InChI=1S/C18H22OS2/c1-2-17-18(21-11-10-20-17)16(19)12-14-8-5-7-13-6-3-4-9-15(13)14/h3-9,16-19H,2,10-12H2,1H3. The van der Waals surface area contributed by atoms with Gasteiger partial charge in [-0.1, -0.05) is 49.4 Å². The molecule has 1 aliphatic rings. The van der Waals surface area contributed by atoms with Crippen molar-refractivity contribution in [2.45, 2.75) is 36.4 Å². The van der Waals surface area contributed by atoms with Gasteiger partial charge in [-0.15, -0.1) is 0 Å². The molecule has 0 aliphatic carbocycles. The van der Waals surface area contributed by atoms with Crippen LogP contribution < -0.4 is 0 Å². The van der Waals surface area contributed by atoms with Crippen molar-refractivity contribution in [2.75, 3.05) is 11.5 Å². The van der Waals surface area contributed by atoms with Crippen LogP contribution in [-0.2, 0) is 6.42 Å². The second kappa shape index (κ2) is 7.08. The largest absolute Gasteiger partial charge is 0.392 e. The van der Waals surface area contributed by atoms with Gasteiger partial charge in [-0.2, -0.15) is 23.5 Å². The molecule has 0 amide bonds. The predicted octanol–water partition coefficient (Wildman–Crippen LogP) is 4.37. The smallest absolute Gasteiger partial charge is 0.0710 e. The highest BCUT2D eigenvalue weighted by Gasteiger charge is 2.31. The first-order valence-electron chi connectivity index (χ1n) is 7.67. The Bertz CT molecular complexity index is 593. The molecule has 0 aromatic heterocycles. The molecule has 0 bridgehead atoms. The molecule has 1 saturated heterocycles. The molecule has 3 atom stereocenters. The Morgan fingerprint density at radius 1 is 1.10 bits per heavy atom. The third-order valence-corrected chi connectivity index (χ3v) is 7.58. The summed E-state index contributed by atoms with van der Waals surface area (Å²) in [6.07, 6.45) is 1.66. The summed E-state index contributed by atoms with van der Waals surface area (Å²) in [6.45, 7) is 2.24. The Labute approximate surface area is 135 Å². The molecule has 0 spiro atoms. The number of fused-ring (bicyclic) bond motifs is 1. The summed E-state index contributed by atoms with van der Waals surface area (Å²) in [5, 5.41) is 14.3. The van der Waals surface area contributed by atoms with E-state index in [1.165, 1.54) is 27.8 Å². The zero-order valence-corrected chi connectivity index (χ0v) is 14.0. The zero-order chi connectivity index (χ0) is 14.7. The highest BCUT2D eigenvalue weighted by molar-refractivity contribution is 8.07. The number of rotatable bonds is 4. The van der Waals surface area contributed by atoms with Crippen LogP contribution in [0.5, 0.6) is 0 Å². The normalized spacial score (nSPS) is 24.1. The van der Waals surface area contributed by atoms with E-state index in [1.54, 1.807) is 0 Å². The van der Waals surface area contributed by atoms with Gasteiger partial charge in [-0.3, -0.25) is 0 Å². The van der Waals surface area contributed by atoms with Gasteiger partial charge in [0.1, 0.15) is 0 Å². The highest BCUT2D eigenvalue weighted by Crippen LogP contribution is 2.36. The Morgan fingerprint density at radius 2 is 1.86 bits per heavy atom. The van der Waals surface area contributed by atoms with Crippen LogP contribution in [-0.4, -0.2) is 33.2 Å². The Kier molecular flexibility index (Phi) is 5.15. The molecule has 0 radical (unpaired) electrons. The van der Waals surface area contributed by atoms with E-state index >= 15 is 0 Å². The number of aliphatic hydroxyl groups excluding tert-OH is 1. The minimum Gasteiger partial charge on any atom is -0.392 e. The molecule has 3 heteroatoms. The van der Waals surface area contributed by atoms with Crippen LogP contribution in [0.15, 0.2) is 42.5 Å². The van der Waals surface area contributed by atoms with E-state index in [1.807, 2.05) is 23.5 Å². The lowest BCUT2D eigenvalue weighted by molar-refractivity contribution is 0.170. The maximum absolute atomic E-state index is 10.8. The molecule has 2 aromatic rings. The Hall–Kier alpha value is -0.640. The third-order valence-electron chi connectivity index (χ3n) is 4.18. The molecule has 112 valence electrons. The monoisotopic (exact) mass is 318 g/mol. The first kappa shape index (κ1) is 15.3. The van der Waals surface area contributed by atoms with E-state index in [0.717, 1.165) is 12.8 Å². The Morgan fingerprint density at radius 3 is 2.71 bits per heavy atom. The zero-order valence-electron chi connectivity index (χ0n) is 12.4. The SMILES string of the molecule is CCC1SCCSC1C(O)Cc1cccc2ccccc12. The number of aliphatic hydroxyl groups is 1. The first-order valence-corrected chi connectivity index (χ1v) is 9.77. The van der Waals surface area contributed by atoms with E-state index in [0.29, 0.717) is 10.5 Å². The molecule has 1 nitrogen and oxygen atoms in total. The van der Waals surface area contributed by atoms with Gasteiger partial charge in [-0.05, 0) is 22.8 Å². The van der Waals surface area contributed by atoms with Gasteiger partial charge in [0.2, 0.25) is 0 Å². The van der Waals surface area contributed by atoms with Crippen molar-refractivity contribution < 1.29 is 5.11 Å². The first-order chi connectivity index (χ1) is 10.3. The van der Waals surface area contributed by atoms with E-state index in [2.05, 4.69) is 49.4 Å². The van der Waals surface area contributed by atoms with Crippen LogP contribution in [0.25, 0.3) is 10.8 Å². The summed E-state index contributed by atoms with van der Waals surface area (Å²) in [6, 6.07) is 14.9. The third kappa shape index (κ3) is 3.41. The van der Waals surface area contributed by atoms with Crippen LogP contribution in [0.4, 0.5) is 0 Å². The fourth-order valence-corrected chi connectivity index (χ4v) is 6.26. The average molecular weight is 319 g/mol. The van der Waals surface area contributed by atoms with E-state index < -0.39 is 0 Å². The van der Waals surface area contributed by atoms with Crippen molar-refractivity contribution >= 4 is 34.3 Å². The maximum atomic E-state index is 10.8. The van der Waals surface area contributed by atoms with Gasteiger partial charge in [0.25, 0.3) is 0 Å². The topological polar surface area (TPSA) is 20.2 Å². The fourth-order valence-electron chi connectivity index (χ4n) is 3.11. The minimum absolute atomic E-state index is 0.251. The number of benzene rings is 2. The van der Waals surface area contributed by atoms with Crippen molar-refractivity contribution in [1.82, 2.24) is 0 Å². The lowest BCUT2D eigenvalue weighted by atomic mass is 9.97. The highest BCUT2D eigenvalue weighted by atomic mass is 32.2. The number of hydrogen-bond donors (Lipinski definition) is 1. The fraction of sp³-hybridized carbons (Fsp3) is 0.444. The van der Waals surface area contributed by atoms with Gasteiger partial charge in [0, 0.05) is 28.4 Å². The van der Waals surface area contributed by atoms with Gasteiger partial charge < -0.3 is 5.11 Å². The van der Waals surface area contributed by atoms with Gasteiger partial charge >= 0.3 is 0 Å². The second-order valence-electron chi connectivity index (χ2n) is 5.56. The number of hydrogen-bond acceptors (Lipinski definition) is 3. The van der Waals surface area contributed by atoms with Crippen LogP contribution in [0.3, 0.4) is 0 Å². The van der Waals surface area contributed by atoms with E-state index in [-0.39, 0.29) is 6.10 Å². The van der Waals surface area contributed by atoms with Crippen LogP contribution in [0.1, 0.15) is 18.9 Å². The van der Waals surface area contributed by atoms with Gasteiger partial charge in [0.15, 0.2) is 0 Å². The summed E-state index contributed by atoms with van der Waals surface area (Å²) < 4.78 is 0. The van der Waals surface area contributed by atoms with Crippen LogP contribution in [0.2, 0.25) is 0 Å². The van der Waals surface area contributed by atoms with Gasteiger partial charge in [-0.25, -0.2) is 0 Å². The molecule has 0 saturated carbocycles. The van der Waals surface area contributed by atoms with E-state index in [4.69, 9.17) is 0 Å². The van der Waals surface area contributed by atoms with Gasteiger partial charge in [0.05, 0.1) is 6.10 Å². The minimum atomic E-state index is -0.251. The molecule has 3 unspecified atom stereocenters. The van der Waals surface area contributed by atoms with Crippen molar-refractivity contribution in [1.29, 1.82) is 0 Å².